The van der Waals surface area contributed by atoms with Gasteiger partial charge in [-0.3, -0.25) is 0 Å². The molecule has 17 heavy (non-hydrogen) atoms. The molecule has 5 heteroatoms. The van der Waals surface area contributed by atoms with Crippen molar-refractivity contribution in [2.24, 2.45) is 5.84 Å². The Morgan fingerprint density at radius 1 is 1.35 bits per heavy atom. The first-order valence-corrected chi connectivity index (χ1v) is 6.21. The van der Waals surface area contributed by atoms with E-state index < -0.39 is 0 Å². The molecule has 1 aromatic heterocycles. The third kappa shape index (κ3) is 3.94. The summed E-state index contributed by atoms with van der Waals surface area (Å²) in [5.74, 6) is 6.78. The number of nitrogens with one attached hydrogen (secondary N) is 1. The molecular weight excluding hydrogens is 216 g/mol. The fourth-order valence-electron chi connectivity index (χ4n) is 1.70. The molecule has 0 aliphatic heterocycles. The van der Waals surface area contributed by atoms with E-state index in [2.05, 4.69) is 29.2 Å². The predicted molar refractivity (Wildman–Crippen MR) is 68.5 cm³/mol. The zero-order valence-corrected chi connectivity index (χ0v) is 10.9. The topological polar surface area (TPSA) is 73.1 Å². The summed E-state index contributed by atoms with van der Waals surface area (Å²) in [5, 5.41) is 0. The molecule has 0 aliphatic rings. The van der Waals surface area contributed by atoms with Crippen LogP contribution in [-0.2, 0) is 11.2 Å². The Morgan fingerprint density at radius 2 is 2.12 bits per heavy atom. The maximum atomic E-state index is 5.62. The van der Waals surface area contributed by atoms with Crippen LogP contribution in [-0.4, -0.2) is 16.6 Å². The fourth-order valence-corrected chi connectivity index (χ4v) is 1.70. The largest absolute Gasteiger partial charge is 0.371 e. The van der Waals surface area contributed by atoms with Crippen LogP contribution in [0.4, 0.5) is 5.82 Å². The molecule has 1 atom stereocenters. The molecule has 1 unspecified atom stereocenters. The molecule has 3 N–H and O–H groups in total. The van der Waals surface area contributed by atoms with Crippen LogP contribution in [0, 0.1) is 0 Å². The molecule has 0 radical (unpaired) electrons. The van der Waals surface area contributed by atoms with Crippen LogP contribution >= 0.6 is 0 Å². The molecule has 0 saturated carbocycles. The van der Waals surface area contributed by atoms with E-state index in [1.165, 1.54) is 0 Å². The van der Waals surface area contributed by atoms with Crippen molar-refractivity contribution < 1.29 is 4.74 Å². The van der Waals surface area contributed by atoms with E-state index in [4.69, 9.17) is 10.6 Å². The molecule has 0 saturated heterocycles. The summed E-state index contributed by atoms with van der Waals surface area (Å²) in [4.78, 5) is 8.88. The summed E-state index contributed by atoms with van der Waals surface area (Å²) in [6, 6.07) is 1.88. The second kappa shape index (κ2) is 7.19. The molecule has 1 rings (SSSR count). The summed E-state index contributed by atoms with van der Waals surface area (Å²) in [7, 11) is 0. The molecule has 0 spiro atoms. The van der Waals surface area contributed by atoms with Gasteiger partial charge in [-0.2, -0.15) is 0 Å². The minimum atomic E-state index is -0.0519. The van der Waals surface area contributed by atoms with E-state index in [9.17, 15) is 0 Å². The quantitative estimate of drug-likeness (QED) is 0.563. The number of hydrazine groups is 1. The Hall–Kier alpha value is -1.20. The van der Waals surface area contributed by atoms with Crippen molar-refractivity contribution in [3.8, 4) is 0 Å². The summed E-state index contributed by atoms with van der Waals surface area (Å²) >= 11 is 0. The molecule has 1 aromatic rings. The molecule has 96 valence electrons. The van der Waals surface area contributed by atoms with Crippen molar-refractivity contribution >= 4 is 5.82 Å². The highest BCUT2D eigenvalue weighted by atomic mass is 16.5. The van der Waals surface area contributed by atoms with Gasteiger partial charge >= 0.3 is 0 Å². The first-order chi connectivity index (χ1) is 8.24. The summed E-state index contributed by atoms with van der Waals surface area (Å²) in [6.07, 6.45) is 2.77. The molecular formula is C12H22N4O. The van der Waals surface area contributed by atoms with Gasteiger partial charge in [-0.15, -0.1) is 0 Å². The number of nitrogens with zero attached hydrogens (tertiary/aromatic N) is 2. The Balaban J connectivity index is 2.99. The molecule has 0 fully saturated rings. The van der Waals surface area contributed by atoms with Gasteiger partial charge in [0.1, 0.15) is 11.9 Å². The molecule has 0 aromatic carbocycles. The normalized spacial score (nSPS) is 12.5. The van der Waals surface area contributed by atoms with E-state index in [1.807, 2.05) is 13.0 Å². The van der Waals surface area contributed by atoms with Crippen molar-refractivity contribution in [3.63, 3.8) is 0 Å². The van der Waals surface area contributed by atoms with Gasteiger partial charge in [0.05, 0.1) is 0 Å². The number of nitrogens with two attached hydrogens (primary N) is 1. The SMILES string of the molecule is CCCc1cc(NN)nc(C(CC)OCC)n1. The summed E-state index contributed by atoms with van der Waals surface area (Å²) < 4.78 is 5.62. The van der Waals surface area contributed by atoms with Gasteiger partial charge in [0.2, 0.25) is 0 Å². The number of hydrogen-bond acceptors (Lipinski definition) is 5. The molecule has 0 amide bonds. The van der Waals surface area contributed by atoms with Crippen LogP contribution < -0.4 is 11.3 Å². The minimum absolute atomic E-state index is 0.0519. The Morgan fingerprint density at radius 3 is 2.65 bits per heavy atom. The van der Waals surface area contributed by atoms with Gasteiger partial charge in [0, 0.05) is 18.4 Å². The van der Waals surface area contributed by atoms with Crippen LogP contribution in [0.5, 0.6) is 0 Å². The average Bonchev–Trinajstić information content (AvgIpc) is 2.35. The molecule has 1 heterocycles. The van der Waals surface area contributed by atoms with Crippen LogP contribution in [0.25, 0.3) is 0 Å². The van der Waals surface area contributed by atoms with E-state index in [0.717, 1.165) is 25.0 Å². The summed E-state index contributed by atoms with van der Waals surface area (Å²) in [6.45, 7) is 6.81. The van der Waals surface area contributed by atoms with Gasteiger partial charge in [-0.1, -0.05) is 20.3 Å². The second-order valence-electron chi connectivity index (χ2n) is 3.85. The molecule has 0 aliphatic carbocycles. The van der Waals surface area contributed by atoms with E-state index in [0.29, 0.717) is 18.2 Å². The van der Waals surface area contributed by atoms with E-state index in [-0.39, 0.29) is 6.10 Å². The van der Waals surface area contributed by atoms with Crippen LogP contribution in [0.1, 0.15) is 51.2 Å². The smallest absolute Gasteiger partial charge is 0.159 e. The van der Waals surface area contributed by atoms with Crippen molar-refractivity contribution in [2.75, 3.05) is 12.0 Å². The highest BCUT2D eigenvalue weighted by Crippen LogP contribution is 2.19. The first-order valence-electron chi connectivity index (χ1n) is 6.21. The lowest BCUT2D eigenvalue weighted by Crippen LogP contribution is -2.15. The van der Waals surface area contributed by atoms with Crippen molar-refractivity contribution in [3.05, 3.63) is 17.6 Å². The highest BCUT2D eigenvalue weighted by molar-refractivity contribution is 5.34. The Kier molecular flexibility index (Phi) is 5.86. The fraction of sp³-hybridized carbons (Fsp3) is 0.667. The lowest BCUT2D eigenvalue weighted by atomic mass is 10.2. The maximum absolute atomic E-state index is 5.62. The number of anilines is 1. The van der Waals surface area contributed by atoms with Gasteiger partial charge < -0.3 is 10.2 Å². The van der Waals surface area contributed by atoms with Crippen molar-refractivity contribution in [1.82, 2.24) is 9.97 Å². The lowest BCUT2D eigenvalue weighted by Gasteiger charge is -2.15. The predicted octanol–water partition coefficient (Wildman–Crippen LogP) is 2.20. The van der Waals surface area contributed by atoms with Gasteiger partial charge in [0.25, 0.3) is 0 Å². The average molecular weight is 238 g/mol. The zero-order valence-electron chi connectivity index (χ0n) is 10.9. The van der Waals surface area contributed by atoms with Gasteiger partial charge in [0.15, 0.2) is 5.82 Å². The number of aryl methyl sites for hydroxylation is 1. The maximum Gasteiger partial charge on any atom is 0.159 e. The van der Waals surface area contributed by atoms with E-state index >= 15 is 0 Å². The minimum Gasteiger partial charge on any atom is -0.371 e. The zero-order chi connectivity index (χ0) is 12.7. The van der Waals surface area contributed by atoms with Crippen LogP contribution in [0.15, 0.2) is 6.07 Å². The Bertz CT molecular complexity index is 343. The van der Waals surface area contributed by atoms with Crippen LogP contribution in [0.2, 0.25) is 0 Å². The standard InChI is InChI=1S/C12H22N4O/c1-4-7-9-8-11(16-13)15-12(14-9)10(5-2)17-6-3/h8,10H,4-7,13H2,1-3H3,(H,14,15,16). The molecule has 5 nitrogen and oxygen atoms in total. The monoisotopic (exact) mass is 238 g/mol. The van der Waals surface area contributed by atoms with Gasteiger partial charge in [-0.25, -0.2) is 15.8 Å². The summed E-state index contributed by atoms with van der Waals surface area (Å²) in [5.41, 5.74) is 3.58. The second-order valence-corrected chi connectivity index (χ2v) is 3.85. The Labute approximate surface area is 103 Å². The van der Waals surface area contributed by atoms with Crippen LogP contribution in [0.3, 0.4) is 0 Å². The first kappa shape index (κ1) is 13.9. The number of ether oxygens (including phenoxy) is 1. The molecule has 0 bridgehead atoms. The van der Waals surface area contributed by atoms with Crippen molar-refractivity contribution in [2.45, 2.75) is 46.1 Å². The van der Waals surface area contributed by atoms with E-state index in [1.54, 1.807) is 0 Å². The number of nitrogen functional groups attached to an aromatic ring is 1. The van der Waals surface area contributed by atoms with Gasteiger partial charge in [-0.05, 0) is 19.8 Å². The highest BCUT2D eigenvalue weighted by Gasteiger charge is 2.14. The number of rotatable bonds is 7. The lowest BCUT2D eigenvalue weighted by molar-refractivity contribution is 0.0534. The number of aromatic nitrogens is 2. The number of hydrogen-bond donors (Lipinski definition) is 2. The third-order valence-electron chi connectivity index (χ3n) is 2.48. The third-order valence-corrected chi connectivity index (χ3v) is 2.48. The van der Waals surface area contributed by atoms with Crippen molar-refractivity contribution in [1.29, 1.82) is 0 Å².